The predicted molar refractivity (Wildman–Crippen MR) is 73.8 cm³/mol. The molecule has 0 saturated heterocycles. The first kappa shape index (κ1) is 11.9. The molecule has 2 aromatic heterocycles. The molecule has 2 heterocycles. The van der Waals surface area contributed by atoms with Crippen molar-refractivity contribution >= 4 is 22.4 Å². The Morgan fingerprint density at radius 2 is 2.26 bits per heavy atom. The summed E-state index contributed by atoms with van der Waals surface area (Å²) in [6, 6.07) is 8.03. The number of nitriles is 1. The van der Waals surface area contributed by atoms with Crippen LogP contribution in [0.4, 0.5) is 0 Å². The number of rotatable bonds is 3. The number of hydrogen-bond acceptors (Lipinski definition) is 5. The maximum atomic E-state index is 8.58. The van der Waals surface area contributed by atoms with Gasteiger partial charge in [-0.3, -0.25) is 0 Å². The largest absolute Gasteiger partial charge is 0.441 e. The number of oxazole rings is 1. The van der Waals surface area contributed by atoms with Crippen LogP contribution >= 0.6 is 11.3 Å². The average Bonchev–Trinajstić information content (AvgIpc) is 3.00. The molecule has 1 aromatic carbocycles. The lowest BCUT2D eigenvalue weighted by atomic mass is 10.2. The summed E-state index contributed by atoms with van der Waals surface area (Å²) in [7, 11) is 0. The van der Waals surface area contributed by atoms with Gasteiger partial charge in [0.25, 0.3) is 0 Å². The van der Waals surface area contributed by atoms with Gasteiger partial charge in [-0.15, -0.1) is 11.3 Å². The Morgan fingerprint density at radius 1 is 1.37 bits per heavy atom. The maximum absolute atomic E-state index is 8.58. The lowest BCUT2D eigenvalue weighted by Crippen LogP contribution is -1.84. The molecule has 0 aliphatic heterocycles. The highest BCUT2D eigenvalue weighted by molar-refractivity contribution is 7.13. The van der Waals surface area contributed by atoms with E-state index >= 15 is 0 Å². The van der Waals surface area contributed by atoms with Gasteiger partial charge in [0, 0.05) is 30.7 Å². The Labute approximate surface area is 114 Å². The van der Waals surface area contributed by atoms with E-state index in [-0.39, 0.29) is 0 Å². The van der Waals surface area contributed by atoms with Crippen molar-refractivity contribution in [1.82, 2.24) is 9.97 Å². The molecule has 19 heavy (non-hydrogen) atoms. The number of aryl methyl sites for hydroxylation is 2. The SMILES string of the molecule is Cc1nc2ccc(-c3nc(CCC#N)cs3)cc2o1. The van der Waals surface area contributed by atoms with Gasteiger partial charge in [-0.1, -0.05) is 0 Å². The van der Waals surface area contributed by atoms with Crippen molar-refractivity contribution in [2.75, 3.05) is 0 Å². The van der Waals surface area contributed by atoms with E-state index in [0.717, 1.165) is 27.4 Å². The third-order valence-corrected chi connectivity index (χ3v) is 3.73. The molecule has 3 rings (SSSR count). The normalized spacial score (nSPS) is 10.7. The first-order valence-electron chi connectivity index (χ1n) is 5.95. The molecule has 0 N–H and O–H groups in total. The average molecular weight is 269 g/mol. The van der Waals surface area contributed by atoms with Crippen molar-refractivity contribution in [3.63, 3.8) is 0 Å². The molecule has 5 heteroatoms. The van der Waals surface area contributed by atoms with E-state index in [0.29, 0.717) is 18.7 Å². The van der Waals surface area contributed by atoms with Gasteiger partial charge in [0.1, 0.15) is 10.5 Å². The van der Waals surface area contributed by atoms with Gasteiger partial charge in [0.05, 0.1) is 11.8 Å². The summed E-state index contributed by atoms with van der Waals surface area (Å²) >= 11 is 1.59. The van der Waals surface area contributed by atoms with Crippen LogP contribution in [0.3, 0.4) is 0 Å². The Balaban J connectivity index is 1.94. The van der Waals surface area contributed by atoms with Gasteiger partial charge in [-0.25, -0.2) is 9.97 Å². The standard InChI is InChI=1S/C14H11N3OS/c1-9-16-12-5-4-10(7-13(12)18-9)14-17-11(8-19-14)3-2-6-15/h4-5,7-8H,2-3H2,1H3. The molecule has 4 nitrogen and oxygen atoms in total. The van der Waals surface area contributed by atoms with Crippen LogP contribution in [0.15, 0.2) is 28.0 Å². The predicted octanol–water partition coefficient (Wildman–Crippen LogP) is 3.72. The van der Waals surface area contributed by atoms with E-state index < -0.39 is 0 Å². The summed E-state index contributed by atoms with van der Waals surface area (Å²) in [5, 5.41) is 11.5. The van der Waals surface area contributed by atoms with Crippen molar-refractivity contribution in [2.24, 2.45) is 0 Å². The van der Waals surface area contributed by atoms with Crippen LogP contribution in [0, 0.1) is 18.3 Å². The van der Waals surface area contributed by atoms with Gasteiger partial charge in [0.2, 0.25) is 0 Å². The molecular formula is C14H11N3OS. The fraction of sp³-hybridized carbons (Fsp3) is 0.214. The molecule has 94 valence electrons. The zero-order chi connectivity index (χ0) is 13.2. The minimum absolute atomic E-state index is 0.503. The number of hydrogen-bond donors (Lipinski definition) is 0. The van der Waals surface area contributed by atoms with E-state index in [1.54, 1.807) is 11.3 Å². The molecule has 0 aliphatic carbocycles. The third-order valence-electron chi connectivity index (χ3n) is 2.79. The molecule has 0 saturated carbocycles. The van der Waals surface area contributed by atoms with Crippen molar-refractivity contribution in [2.45, 2.75) is 19.8 Å². The van der Waals surface area contributed by atoms with Gasteiger partial charge >= 0.3 is 0 Å². The summed E-state index contributed by atoms with van der Waals surface area (Å²) in [6.07, 6.45) is 1.21. The summed E-state index contributed by atoms with van der Waals surface area (Å²) in [4.78, 5) is 8.81. The van der Waals surface area contributed by atoms with Crippen LogP contribution in [0.5, 0.6) is 0 Å². The second-order valence-corrected chi connectivity index (χ2v) is 5.08. The number of thiazole rings is 1. The van der Waals surface area contributed by atoms with Crippen molar-refractivity contribution in [1.29, 1.82) is 5.26 Å². The van der Waals surface area contributed by atoms with Gasteiger partial charge in [-0.2, -0.15) is 5.26 Å². The van der Waals surface area contributed by atoms with Crippen LogP contribution in [-0.2, 0) is 6.42 Å². The molecule has 0 radical (unpaired) electrons. The lowest BCUT2D eigenvalue weighted by Gasteiger charge is -1.95. The Morgan fingerprint density at radius 3 is 3.11 bits per heavy atom. The summed E-state index contributed by atoms with van der Waals surface area (Å²) in [5.41, 5.74) is 3.64. The van der Waals surface area contributed by atoms with E-state index in [9.17, 15) is 0 Å². The molecule has 0 spiro atoms. The molecular weight excluding hydrogens is 258 g/mol. The smallest absolute Gasteiger partial charge is 0.192 e. The highest BCUT2D eigenvalue weighted by Gasteiger charge is 2.08. The van der Waals surface area contributed by atoms with E-state index in [1.165, 1.54) is 0 Å². The molecule has 0 atom stereocenters. The molecule has 3 aromatic rings. The van der Waals surface area contributed by atoms with E-state index in [2.05, 4.69) is 16.0 Å². The molecule has 0 fully saturated rings. The fourth-order valence-corrected chi connectivity index (χ4v) is 2.76. The van der Waals surface area contributed by atoms with Gasteiger partial charge < -0.3 is 4.42 Å². The highest BCUT2D eigenvalue weighted by Crippen LogP contribution is 2.27. The Kier molecular flexibility index (Phi) is 3.02. The number of fused-ring (bicyclic) bond motifs is 1. The molecule has 0 unspecified atom stereocenters. The minimum Gasteiger partial charge on any atom is -0.441 e. The Hall–Kier alpha value is -2.19. The molecule has 0 aliphatic rings. The fourth-order valence-electron chi connectivity index (χ4n) is 1.91. The van der Waals surface area contributed by atoms with Crippen molar-refractivity contribution in [3.05, 3.63) is 35.2 Å². The molecule has 0 amide bonds. The maximum Gasteiger partial charge on any atom is 0.192 e. The highest BCUT2D eigenvalue weighted by atomic mass is 32.1. The van der Waals surface area contributed by atoms with Gasteiger partial charge in [-0.05, 0) is 18.2 Å². The van der Waals surface area contributed by atoms with Gasteiger partial charge in [0.15, 0.2) is 11.5 Å². The number of benzene rings is 1. The monoisotopic (exact) mass is 269 g/mol. The third kappa shape index (κ3) is 2.35. The topological polar surface area (TPSA) is 62.7 Å². The van der Waals surface area contributed by atoms with Crippen LogP contribution in [0.2, 0.25) is 0 Å². The second-order valence-electron chi connectivity index (χ2n) is 4.22. The van der Waals surface area contributed by atoms with Crippen LogP contribution in [0.25, 0.3) is 21.7 Å². The molecule has 0 bridgehead atoms. The van der Waals surface area contributed by atoms with Crippen molar-refractivity contribution < 1.29 is 4.42 Å². The summed E-state index contributed by atoms with van der Waals surface area (Å²) in [6.45, 7) is 1.84. The number of nitrogens with zero attached hydrogens (tertiary/aromatic N) is 3. The zero-order valence-electron chi connectivity index (χ0n) is 10.4. The van der Waals surface area contributed by atoms with Crippen LogP contribution in [0.1, 0.15) is 18.0 Å². The van der Waals surface area contributed by atoms with Crippen molar-refractivity contribution in [3.8, 4) is 16.6 Å². The summed E-state index contributed by atoms with van der Waals surface area (Å²) < 4.78 is 5.52. The van der Waals surface area contributed by atoms with E-state index in [1.807, 2.05) is 30.5 Å². The quantitative estimate of drug-likeness (QED) is 0.727. The van der Waals surface area contributed by atoms with Crippen LogP contribution in [-0.4, -0.2) is 9.97 Å². The number of aromatic nitrogens is 2. The van der Waals surface area contributed by atoms with Crippen LogP contribution < -0.4 is 0 Å². The van der Waals surface area contributed by atoms with E-state index in [4.69, 9.17) is 9.68 Å². The lowest BCUT2D eigenvalue weighted by molar-refractivity contribution is 0.561. The minimum atomic E-state index is 0.503. The first-order chi connectivity index (χ1) is 9.26. The second kappa shape index (κ2) is 4.82. The first-order valence-corrected chi connectivity index (χ1v) is 6.83. The Bertz CT molecular complexity index is 766. The summed E-state index contributed by atoms with van der Waals surface area (Å²) in [5.74, 6) is 0.668. The zero-order valence-corrected chi connectivity index (χ0v) is 11.2.